The summed E-state index contributed by atoms with van der Waals surface area (Å²) in [6.07, 6.45) is 0. The van der Waals surface area contributed by atoms with Crippen LogP contribution in [0.2, 0.25) is 0 Å². The first-order valence-corrected chi connectivity index (χ1v) is 25.4. The highest BCUT2D eigenvalue weighted by Crippen LogP contribution is 2.47. The SMILES string of the molecule is c1ccc(-c2ccc(-c3nc(-c4cccc(-c5ccccc5)c4)nc(-n4c5ccccc5c5cc(-n6c7ccccc7c7ccccc76)c6c7ccccc7n(-c7cccc(-c8ccccc8)c7)c6c54)n3)cc2)cc1. The average molecular weight is 957 g/mol. The van der Waals surface area contributed by atoms with Gasteiger partial charge in [0.05, 0.1) is 38.8 Å². The van der Waals surface area contributed by atoms with Gasteiger partial charge in [-0.1, -0.05) is 218 Å². The van der Waals surface area contributed by atoms with Crippen LogP contribution in [0.5, 0.6) is 0 Å². The van der Waals surface area contributed by atoms with Crippen LogP contribution in [0, 0.1) is 0 Å². The minimum atomic E-state index is 0.527. The van der Waals surface area contributed by atoms with Crippen LogP contribution in [0.3, 0.4) is 0 Å². The highest BCUT2D eigenvalue weighted by molar-refractivity contribution is 6.27. The molecule has 0 amide bonds. The zero-order chi connectivity index (χ0) is 49.4. The van der Waals surface area contributed by atoms with E-state index in [1.807, 2.05) is 6.07 Å². The molecule has 0 fully saturated rings. The molecule has 0 spiro atoms. The third-order valence-corrected chi connectivity index (χ3v) is 14.9. The molecule has 0 atom stereocenters. The lowest BCUT2D eigenvalue weighted by molar-refractivity contribution is 0.953. The molecule has 0 unspecified atom stereocenters. The summed E-state index contributed by atoms with van der Waals surface area (Å²) in [7, 11) is 0. The van der Waals surface area contributed by atoms with Crippen LogP contribution in [0.4, 0.5) is 0 Å². The normalized spacial score (nSPS) is 11.7. The van der Waals surface area contributed by atoms with E-state index >= 15 is 0 Å². The molecule has 75 heavy (non-hydrogen) atoms. The van der Waals surface area contributed by atoms with Gasteiger partial charge in [-0.05, 0) is 81.9 Å². The Hall–Kier alpha value is -10.2. The summed E-state index contributed by atoms with van der Waals surface area (Å²) in [5, 5.41) is 6.86. The van der Waals surface area contributed by atoms with Crippen LogP contribution in [0.25, 0.3) is 139 Å². The lowest BCUT2D eigenvalue weighted by atomic mass is 10.0. The second-order valence-electron chi connectivity index (χ2n) is 19.2. The van der Waals surface area contributed by atoms with Crippen LogP contribution >= 0.6 is 0 Å². The van der Waals surface area contributed by atoms with Gasteiger partial charge in [0, 0.05) is 49.1 Å². The van der Waals surface area contributed by atoms with Crippen molar-refractivity contribution in [2.24, 2.45) is 0 Å². The first kappa shape index (κ1) is 42.5. The monoisotopic (exact) mass is 956 g/mol. The summed E-state index contributed by atoms with van der Waals surface area (Å²) in [6, 6.07) is 95.3. The molecule has 0 radical (unpaired) electrons. The van der Waals surface area contributed by atoms with Gasteiger partial charge in [-0.25, -0.2) is 4.98 Å². The Morgan fingerprint density at radius 3 is 1.25 bits per heavy atom. The number of fused-ring (bicyclic) bond motifs is 10. The van der Waals surface area contributed by atoms with Crippen LogP contribution in [0.15, 0.2) is 267 Å². The zero-order valence-corrected chi connectivity index (χ0v) is 40.6. The summed E-state index contributed by atoms with van der Waals surface area (Å²) in [5.74, 6) is 1.69. The van der Waals surface area contributed by atoms with Gasteiger partial charge < -0.3 is 9.13 Å². The fraction of sp³-hybridized carbons (Fsp3) is 0. The predicted molar refractivity (Wildman–Crippen MR) is 310 cm³/mol. The topological polar surface area (TPSA) is 53.5 Å². The largest absolute Gasteiger partial charge is 0.309 e. The standard InChI is InChI=1S/C69H44N6/c1-4-20-45(21-5-1)48-38-40-49(41-39-48)67-70-68(52-28-18-26-50(42-52)46-22-6-2-7-23-46)72-69(71-67)75-61-36-16-12-32-56(61)58-44-63(74-59-34-14-10-30-54(59)55-31-11-15-35-60(55)74)64-57-33-13-17-37-62(57)73(66(64)65(58)75)53-29-19-27-51(43-53)47-24-8-3-9-25-47/h1-44H. The molecule has 0 N–H and O–H groups in total. The highest BCUT2D eigenvalue weighted by atomic mass is 15.2. The summed E-state index contributed by atoms with van der Waals surface area (Å²) < 4.78 is 7.25. The van der Waals surface area contributed by atoms with Crippen molar-refractivity contribution in [1.82, 2.24) is 28.7 Å². The van der Waals surface area contributed by atoms with Crippen molar-refractivity contribution in [3.8, 4) is 73.5 Å². The molecular weight excluding hydrogens is 913 g/mol. The molecule has 6 heteroatoms. The first-order valence-electron chi connectivity index (χ1n) is 25.4. The Morgan fingerprint density at radius 1 is 0.240 bits per heavy atom. The smallest absolute Gasteiger partial charge is 0.238 e. The Morgan fingerprint density at radius 2 is 0.653 bits per heavy atom. The van der Waals surface area contributed by atoms with E-state index in [9.17, 15) is 0 Å². The van der Waals surface area contributed by atoms with E-state index in [0.29, 0.717) is 17.6 Å². The van der Waals surface area contributed by atoms with Crippen molar-refractivity contribution < 1.29 is 0 Å². The number of para-hydroxylation sites is 4. The fourth-order valence-electron chi connectivity index (χ4n) is 11.5. The third-order valence-electron chi connectivity index (χ3n) is 14.9. The number of aromatic nitrogens is 6. The Kier molecular flexibility index (Phi) is 9.78. The Bertz CT molecular complexity index is 4630. The molecule has 0 aliphatic carbocycles. The number of hydrogen-bond donors (Lipinski definition) is 0. The third kappa shape index (κ3) is 6.92. The molecule has 15 aromatic rings. The molecule has 0 aliphatic heterocycles. The van der Waals surface area contributed by atoms with E-state index in [1.165, 1.54) is 10.8 Å². The van der Waals surface area contributed by atoms with E-state index in [4.69, 9.17) is 15.0 Å². The second kappa shape index (κ2) is 17.3. The molecule has 6 nitrogen and oxygen atoms in total. The van der Waals surface area contributed by atoms with Gasteiger partial charge in [-0.3, -0.25) is 4.57 Å². The van der Waals surface area contributed by atoms with Gasteiger partial charge in [0.15, 0.2) is 11.6 Å². The van der Waals surface area contributed by atoms with Crippen molar-refractivity contribution in [1.29, 1.82) is 0 Å². The second-order valence-corrected chi connectivity index (χ2v) is 19.2. The maximum absolute atomic E-state index is 5.57. The number of rotatable bonds is 8. The van der Waals surface area contributed by atoms with E-state index < -0.39 is 0 Å². The van der Waals surface area contributed by atoms with E-state index in [-0.39, 0.29) is 0 Å². The Balaban J connectivity index is 1.09. The molecule has 15 rings (SSSR count). The van der Waals surface area contributed by atoms with Crippen LogP contribution in [0.1, 0.15) is 0 Å². The molecule has 0 aliphatic rings. The fourth-order valence-corrected chi connectivity index (χ4v) is 11.5. The minimum Gasteiger partial charge on any atom is -0.309 e. The summed E-state index contributed by atoms with van der Waals surface area (Å²) in [6.45, 7) is 0. The van der Waals surface area contributed by atoms with Crippen molar-refractivity contribution >= 4 is 65.4 Å². The molecule has 0 bridgehead atoms. The van der Waals surface area contributed by atoms with Gasteiger partial charge >= 0.3 is 0 Å². The van der Waals surface area contributed by atoms with Gasteiger partial charge in [0.2, 0.25) is 5.95 Å². The quantitative estimate of drug-likeness (QED) is 0.152. The highest BCUT2D eigenvalue weighted by Gasteiger charge is 2.28. The van der Waals surface area contributed by atoms with Crippen LogP contribution < -0.4 is 0 Å². The van der Waals surface area contributed by atoms with Crippen molar-refractivity contribution in [3.05, 3.63) is 267 Å². The van der Waals surface area contributed by atoms with E-state index in [2.05, 4.69) is 275 Å². The molecule has 4 heterocycles. The van der Waals surface area contributed by atoms with E-state index in [1.54, 1.807) is 0 Å². The molecule has 0 saturated heterocycles. The van der Waals surface area contributed by atoms with Gasteiger partial charge in [-0.2, -0.15) is 9.97 Å². The van der Waals surface area contributed by atoms with Crippen LogP contribution in [-0.2, 0) is 0 Å². The molecule has 350 valence electrons. The number of benzene rings is 11. The molecule has 11 aromatic carbocycles. The van der Waals surface area contributed by atoms with Gasteiger partial charge in [0.1, 0.15) is 0 Å². The Labute approximate surface area is 432 Å². The van der Waals surface area contributed by atoms with Crippen LogP contribution in [-0.4, -0.2) is 28.7 Å². The van der Waals surface area contributed by atoms with E-state index in [0.717, 1.165) is 111 Å². The summed E-state index contributed by atoms with van der Waals surface area (Å²) >= 11 is 0. The molecule has 4 aromatic heterocycles. The summed E-state index contributed by atoms with van der Waals surface area (Å²) in [4.78, 5) is 16.5. The molecular formula is C69H44N6. The van der Waals surface area contributed by atoms with Gasteiger partial charge in [0.25, 0.3) is 0 Å². The lowest BCUT2D eigenvalue weighted by Crippen LogP contribution is -2.07. The maximum atomic E-state index is 5.57. The number of nitrogens with zero attached hydrogens (tertiary/aromatic N) is 6. The van der Waals surface area contributed by atoms with Gasteiger partial charge in [-0.15, -0.1) is 0 Å². The minimum absolute atomic E-state index is 0.527. The lowest BCUT2D eigenvalue weighted by Gasteiger charge is -2.16. The summed E-state index contributed by atoms with van der Waals surface area (Å²) in [5.41, 5.74) is 17.1. The first-order chi connectivity index (χ1) is 37.2. The zero-order valence-electron chi connectivity index (χ0n) is 40.6. The van der Waals surface area contributed by atoms with Crippen molar-refractivity contribution in [3.63, 3.8) is 0 Å². The molecule has 0 saturated carbocycles. The predicted octanol–water partition coefficient (Wildman–Crippen LogP) is 17.5. The van der Waals surface area contributed by atoms with Crippen molar-refractivity contribution in [2.45, 2.75) is 0 Å². The maximum Gasteiger partial charge on any atom is 0.238 e. The number of hydrogen-bond acceptors (Lipinski definition) is 3. The average Bonchev–Trinajstić information content (AvgIpc) is 4.16. The van der Waals surface area contributed by atoms with Crippen molar-refractivity contribution in [2.75, 3.05) is 0 Å².